The van der Waals surface area contributed by atoms with E-state index in [0.29, 0.717) is 31.5 Å². The molecule has 0 radical (unpaired) electrons. The lowest BCUT2D eigenvalue weighted by Gasteiger charge is -2.37. The molecule has 1 aliphatic heterocycles. The number of alkyl halides is 3. The van der Waals surface area contributed by atoms with Gasteiger partial charge in [0.25, 0.3) is 0 Å². The zero-order chi connectivity index (χ0) is 19.3. The number of nitrogens with one attached hydrogen (secondary N) is 2. The number of hydrogen-bond acceptors (Lipinski definition) is 3. The van der Waals surface area contributed by atoms with Crippen molar-refractivity contribution in [3.8, 4) is 5.75 Å². The van der Waals surface area contributed by atoms with Gasteiger partial charge in [0.2, 0.25) is 5.91 Å². The van der Waals surface area contributed by atoms with E-state index in [-0.39, 0.29) is 23.7 Å². The number of anilines is 1. The molecule has 0 unspecified atom stereocenters. The van der Waals surface area contributed by atoms with Crippen molar-refractivity contribution in [2.24, 2.45) is 0 Å². The molecule has 1 heterocycles. The molecule has 1 aromatic carbocycles. The van der Waals surface area contributed by atoms with Gasteiger partial charge in [-0.3, -0.25) is 4.79 Å². The van der Waals surface area contributed by atoms with Crippen LogP contribution in [0.1, 0.15) is 33.1 Å². The molecule has 2 atom stereocenters. The van der Waals surface area contributed by atoms with Crippen molar-refractivity contribution in [1.82, 2.24) is 10.2 Å². The van der Waals surface area contributed by atoms with Crippen LogP contribution in [0.15, 0.2) is 24.3 Å². The van der Waals surface area contributed by atoms with Crippen molar-refractivity contribution >= 4 is 17.6 Å². The standard InChI is InChI=1S/C17H22F3N3O3/c1-3-15(24)23-9-8-13(10-11(23)2)22-16(25)21-12-4-6-14(7-5-12)26-17(18,19)20/h4-7,11,13H,3,8-10H2,1-2H3,(H2,21,22,25)/t11-,13-/m1/s1. The van der Waals surface area contributed by atoms with Gasteiger partial charge in [-0.2, -0.15) is 0 Å². The van der Waals surface area contributed by atoms with Crippen molar-refractivity contribution in [2.75, 3.05) is 11.9 Å². The monoisotopic (exact) mass is 373 g/mol. The maximum absolute atomic E-state index is 12.1. The lowest BCUT2D eigenvalue weighted by Crippen LogP contribution is -2.51. The number of carbonyl (C=O) groups is 2. The number of rotatable bonds is 4. The number of likely N-dealkylation sites (tertiary alicyclic amines) is 1. The Morgan fingerprint density at radius 2 is 1.92 bits per heavy atom. The third-order valence-corrected chi connectivity index (χ3v) is 4.18. The number of urea groups is 1. The Labute approximate surface area is 149 Å². The van der Waals surface area contributed by atoms with Gasteiger partial charge in [0.15, 0.2) is 0 Å². The number of nitrogens with zero attached hydrogens (tertiary/aromatic N) is 1. The summed E-state index contributed by atoms with van der Waals surface area (Å²) in [5.41, 5.74) is 0.351. The highest BCUT2D eigenvalue weighted by molar-refractivity contribution is 5.89. The van der Waals surface area contributed by atoms with E-state index in [1.165, 1.54) is 12.1 Å². The fraction of sp³-hybridized carbons (Fsp3) is 0.529. The zero-order valence-electron chi connectivity index (χ0n) is 14.6. The third kappa shape index (κ3) is 5.82. The van der Waals surface area contributed by atoms with Crippen LogP contribution in [-0.4, -0.2) is 41.8 Å². The molecule has 1 aromatic rings. The van der Waals surface area contributed by atoms with Gasteiger partial charge in [0.05, 0.1) is 0 Å². The minimum absolute atomic E-state index is 0.0419. The highest BCUT2D eigenvalue weighted by Crippen LogP contribution is 2.24. The lowest BCUT2D eigenvalue weighted by atomic mass is 9.98. The van der Waals surface area contributed by atoms with E-state index in [1.807, 2.05) is 18.7 Å². The van der Waals surface area contributed by atoms with Crippen LogP contribution >= 0.6 is 0 Å². The first kappa shape index (κ1) is 19.9. The first-order valence-electron chi connectivity index (χ1n) is 8.40. The molecule has 0 aromatic heterocycles. The van der Waals surface area contributed by atoms with E-state index < -0.39 is 12.4 Å². The van der Waals surface area contributed by atoms with Gasteiger partial charge >= 0.3 is 12.4 Å². The average Bonchev–Trinajstić information content (AvgIpc) is 2.55. The molecule has 144 valence electrons. The second-order valence-corrected chi connectivity index (χ2v) is 6.18. The topological polar surface area (TPSA) is 70.7 Å². The molecule has 0 saturated carbocycles. The molecule has 0 spiro atoms. The van der Waals surface area contributed by atoms with E-state index in [0.717, 1.165) is 12.1 Å². The summed E-state index contributed by atoms with van der Waals surface area (Å²) in [4.78, 5) is 25.7. The van der Waals surface area contributed by atoms with E-state index in [1.54, 1.807) is 0 Å². The molecule has 3 amide bonds. The molecule has 0 bridgehead atoms. The van der Waals surface area contributed by atoms with Crippen molar-refractivity contribution in [1.29, 1.82) is 0 Å². The second kappa shape index (κ2) is 8.29. The van der Waals surface area contributed by atoms with Crippen molar-refractivity contribution in [3.63, 3.8) is 0 Å². The van der Waals surface area contributed by atoms with Crippen LogP contribution in [0, 0.1) is 0 Å². The minimum atomic E-state index is -4.75. The maximum Gasteiger partial charge on any atom is 0.573 e. The second-order valence-electron chi connectivity index (χ2n) is 6.18. The predicted octanol–water partition coefficient (Wildman–Crippen LogP) is 3.50. The Morgan fingerprint density at radius 1 is 1.27 bits per heavy atom. The summed E-state index contributed by atoms with van der Waals surface area (Å²) in [6.45, 7) is 4.35. The number of halogens is 3. The van der Waals surface area contributed by atoms with E-state index >= 15 is 0 Å². The Hall–Kier alpha value is -2.45. The Morgan fingerprint density at radius 3 is 2.46 bits per heavy atom. The zero-order valence-corrected chi connectivity index (χ0v) is 14.6. The van der Waals surface area contributed by atoms with Gasteiger partial charge in [-0.15, -0.1) is 13.2 Å². The van der Waals surface area contributed by atoms with Crippen molar-refractivity contribution < 1.29 is 27.5 Å². The van der Waals surface area contributed by atoms with Crippen LogP contribution in [0.25, 0.3) is 0 Å². The number of piperidine rings is 1. The van der Waals surface area contributed by atoms with Crippen LogP contribution in [0.3, 0.4) is 0 Å². The molecule has 1 aliphatic rings. The van der Waals surface area contributed by atoms with Crippen LogP contribution in [0.2, 0.25) is 0 Å². The summed E-state index contributed by atoms with van der Waals surface area (Å²) in [5.74, 6) is -0.258. The molecule has 2 rings (SSSR count). The fourth-order valence-corrected chi connectivity index (χ4v) is 2.97. The molecule has 1 saturated heterocycles. The molecule has 0 aliphatic carbocycles. The van der Waals surface area contributed by atoms with E-state index in [2.05, 4.69) is 15.4 Å². The molecule has 6 nitrogen and oxygen atoms in total. The summed E-state index contributed by atoms with van der Waals surface area (Å²) >= 11 is 0. The maximum atomic E-state index is 12.1. The van der Waals surface area contributed by atoms with Gasteiger partial charge in [-0.25, -0.2) is 4.79 Å². The average molecular weight is 373 g/mol. The molecule has 2 N–H and O–H groups in total. The summed E-state index contributed by atoms with van der Waals surface area (Å²) in [6, 6.07) is 4.43. The van der Waals surface area contributed by atoms with Gasteiger partial charge in [0.1, 0.15) is 5.75 Å². The smallest absolute Gasteiger partial charge is 0.406 e. The molecule has 26 heavy (non-hydrogen) atoms. The fourth-order valence-electron chi connectivity index (χ4n) is 2.97. The largest absolute Gasteiger partial charge is 0.573 e. The number of benzene rings is 1. The van der Waals surface area contributed by atoms with Gasteiger partial charge in [0, 0.05) is 30.7 Å². The van der Waals surface area contributed by atoms with Gasteiger partial charge < -0.3 is 20.3 Å². The predicted molar refractivity (Wildman–Crippen MR) is 89.8 cm³/mol. The van der Waals surface area contributed by atoms with E-state index in [9.17, 15) is 22.8 Å². The van der Waals surface area contributed by atoms with Crippen LogP contribution < -0.4 is 15.4 Å². The molecule has 9 heteroatoms. The Kier molecular flexibility index (Phi) is 6.33. The summed E-state index contributed by atoms with van der Waals surface area (Å²) in [7, 11) is 0. The van der Waals surface area contributed by atoms with Crippen molar-refractivity contribution in [2.45, 2.75) is 51.6 Å². The number of carbonyl (C=O) groups excluding carboxylic acids is 2. The SMILES string of the molecule is CCC(=O)N1CC[C@@H](NC(=O)Nc2ccc(OC(F)(F)F)cc2)C[C@H]1C. The normalized spacial score (nSPS) is 20.4. The van der Waals surface area contributed by atoms with Crippen LogP contribution in [0.4, 0.5) is 23.7 Å². The highest BCUT2D eigenvalue weighted by atomic mass is 19.4. The van der Waals surface area contributed by atoms with Crippen molar-refractivity contribution in [3.05, 3.63) is 24.3 Å². The third-order valence-electron chi connectivity index (χ3n) is 4.18. The van der Waals surface area contributed by atoms with Gasteiger partial charge in [-0.1, -0.05) is 6.92 Å². The molecular formula is C17H22F3N3O3. The van der Waals surface area contributed by atoms with Crippen LogP contribution in [-0.2, 0) is 4.79 Å². The first-order valence-corrected chi connectivity index (χ1v) is 8.40. The summed E-state index contributed by atoms with van der Waals surface area (Å²) in [5, 5.41) is 5.40. The molecular weight excluding hydrogens is 351 g/mol. The summed E-state index contributed by atoms with van der Waals surface area (Å²) in [6.07, 6.45) is -2.99. The quantitative estimate of drug-likeness (QED) is 0.849. The molecule has 1 fully saturated rings. The minimum Gasteiger partial charge on any atom is -0.406 e. The highest BCUT2D eigenvalue weighted by Gasteiger charge is 2.31. The Balaban J connectivity index is 1.83. The number of ether oxygens (including phenoxy) is 1. The summed E-state index contributed by atoms with van der Waals surface area (Å²) < 4.78 is 40.1. The number of hydrogen-bond donors (Lipinski definition) is 2. The number of amides is 3. The van der Waals surface area contributed by atoms with Crippen LogP contribution in [0.5, 0.6) is 5.75 Å². The first-order chi connectivity index (χ1) is 12.2. The van der Waals surface area contributed by atoms with E-state index in [4.69, 9.17) is 0 Å². The lowest BCUT2D eigenvalue weighted by molar-refractivity contribution is -0.274. The van der Waals surface area contributed by atoms with Gasteiger partial charge in [-0.05, 0) is 44.0 Å². The Bertz CT molecular complexity index is 634.